The number of nitrogens with zero attached hydrogens (tertiary/aromatic N) is 2. The molecule has 0 fully saturated rings. The summed E-state index contributed by atoms with van der Waals surface area (Å²) in [5.41, 5.74) is 1.14. The maximum Gasteiger partial charge on any atom is 0.203 e. The van der Waals surface area contributed by atoms with Crippen LogP contribution in [0.2, 0.25) is 5.02 Å². The van der Waals surface area contributed by atoms with Crippen LogP contribution in [0.5, 0.6) is 0 Å². The molecular formula is C12H14ClN3S. The van der Waals surface area contributed by atoms with Crippen molar-refractivity contribution >= 4 is 28.3 Å². The smallest absolute Gasteiger partial charge is 0.203 e. The summed E-state index contributed by atoms with van der Waals surface area (Å²) in [4.78, 5) is 4.38. The molecule has 3 nitrogen and oxygen atoms in total. The van der Waals surface area contributed by atoms with Crippen LogP contribution in [0.3, 0.4) is 0 Å². The predicted octanol–water partition coefficient (Wildman–Crippen LogP) is 3.93. The van der Waals surface area contributed by atoms with Crippen LogP contribution in [0.4, 0.5) is 5.13 Å². The van der Waals surface area contributed by atoms with Gasteiger partial charge < -0.3 is 5.32 Å². The summed E-state index contributed by atoms with van der Waals surface area (Å²) in [6.45, 7) is 4.13. The summed E-state index contributed by atoms with van der Waals surface area (Å²) in [5, 5.41) is 4.93. The molecule has 0 radical (unpaired) electrons. The maximum absolute atomic E-state index is 5.97. The van der Waals surface area contributed by atoms with Gasteiger partial charge in [-0.3, -0.25) is 0 Å². The Bertz CT molecular complexity index is 498. The molecule has 0 saturated carbocycles. The van der Waals surface area contributed by atoms with E-state index in [1.54, 1.807) is 0 Å². The van der Waals surface area contributed by atoms with Gasteiger partial charge >= 0.3 is 0 Å². The van der Waals surface area contributed by atoms with E-state index in [-0.39, 0.29) is 6.04 Å². The zero-order valence-electron chi connectivity index (χ0n) is 9.77. The molecule has 0 aliphatic carbocycles. The number of rotatable bonds is 4. The molecule has 1 aromatic carbocycles. The first-order valence-electron chi connectivity index (χ1n) is 5.53. The number of hydrogen-bond acceptors (Lipinski definition) is 4. The fraction of sp³-hybridized carbons (Fsp3) is 0.333. The summed E-state index contributed by atoms with van der Waals surface area (Å²) in [7, 11) is 0. The van der Waals surface area contributed by atoms with Gasteiger partial charge in [-0.05, 0) is 24.6 Å². The first kappa shape index (κ1) is 12.3. The summed E-state index contributed by atoms with van der Waals surface area (Å²) in [5.74, 6) is 0.885. The first-order valence-corrected chi connectivity index (χ1v) is 6.68. The van der Waals surface area contributed by atoms with Gasteiger partial charge in [0.1, 0.15) is 5.82 Å². The Balaban J connectivity index is 2.08. The molecule has 2 aromatic rings. The molecule has 0 amide bonds. The van der Waals surface area contributed by atoms with Crippen molar-refractivity contribution in [3.63, 3.8) is 0 Å². The lowest BCUT2D eigenvalue weighted by molar-refractivity contribution is 0.876. The van der Waals surface area contributed by atoms with Crippen LogP contribution in [0.1, 0.15) is 31.3 Å². The van der Waals surface area contributed by atoms with Gasteiger partial charge in [-0.15, -0.1) is 0 Å². The second kappa shape index (κ2) is 5.47. The van der Waals surface area contributed by atoms with Gasteiger partial charge in [0.2, 0.25) is 5.13 Å². The van der Waals surface area contributed by atoms with E-state index >= 15 is 0 Å². The second-order valence-electron chi connectivity index (χ2n) is 3.79. The van der Waals surface area contributed by atoms with Crippen LogP contribution in [0.25, 0.3) is 0 Å². The molecule has 17 heavy (non-hydrogen) atoms. The third-order valence-electron chi connectivity index (χ3n) is 2.47. The predicted molar refractivity (Wildman–Crippen MR) is 72.8 cm³/mol. The summed E-state index contributed by atoms with van der Waals surface area (Å²) < 4.78 is 4.24. The molecular weight excluding hydrogens is 254 g/mol. The highest BCUT2D eigenvalue weighted by atomic mass is 35.5. The lowest BCUT2D eigenvalue weighted by atomic mass is 10.1. The molecule has 1 aromatic heterocycles. The van der Waals surface area contributed by atoms with Crippen molar-refractivity contribution in [2.45, 2.75) is 26.3 Å². The van der Waals surface area contributed by atoms with Crippen molar-refractivity contribution in [1.82, 2.24) is 9.36 Å². The van der Waals surface area contributed by atoms with Crippen LogP contribution >= 0.6 is 23.1 Å². The van der Waals surface area contributed by atoms with Crippen LogP contribution < -0.4 is 5.32 Å². The van der Waals surface area contributed by atoms with Crippen molar-refractivity contribution in [2.75, 3.05) is 5.32 Å². The molecule has 0 bridgehead atoms. The summed E-state index contributed by atoms with van der Waals surface area (Å²) in [6, 6.07) is 8.00. The number of benzene rings is 1. The van der Waals surface area contributed by atoms with E-state index in [0.29, 0.717) is 0 Å². The number of aromatic nitrogens is 2. The number of aryl methyl sites for hydroxylation is 1. The Morgan fingerprint density at radius 2 is 2.29 bits per heavy atom. The third kappa shape index (κ3) is 3.17. The normalized spacial score (nSPS) is 12.4. The molecule has 1 unspecified atom stereocenters. The average molecular weight is 268 g/mol. The molecule has 0 aliphatic heterocycles. The monoisotopic (exact) mass is 267 g/mol. The molecule has 2 rings (SSSR count). The SMILES string of the molecule is CCc1nsc(NC(C)c2cccc(Cl)c2)n1. The van der Waals surface area contributed by atoms with Gasteiger partial charge in [-0.1, -0.05) is 30.7 Å². The lowest BCUT2D eigenvalue weighted by Gasteiger charge is -2.12. The lowest BCUT2D eigenvalue weighted by Crippen LogP contribution is -2.06. The van der Waals surface area contributed by atoms with E-state index in [1.807, 2.05) is 31.2 Å². The molecule has 1 heterocycles. The quantitative estimate of drug-likeness (QED) is 0.912. The minimum atomic E-state index is 0.173. The van der Waals surface area contributed by atoms with Crippen molar-refractivity contribution in [1.29, 1.82) is 0 Å². The van der Waals surface area contributed by atoms with Crippen LogP contribution in [0, 0.1) is 0 Å². The molecule has 5 heteroatoms. The first-order chi connectivity index (χ1) is 8.19. The van der Waals surface area contributed by atoms with Gasteiger partial charge in [0.05, 0.1) is 6.04 Å². The fourth-order valence-corrected chi connectivity index (χ4v) is 2.44. The molecule has 1 atom stereocenters. The van der Waals surface area contributed by atoms with E-state index in [4.69, 9.17) is 11.6 Å². The Morgan fingerprint density at radius 1 is 1.47 bits per heavy atom. The molecule has 0 spiro atoms. The topological polar surface area (TPSA) is 37.8 Å². The maximum atomic E-state index is 5.97. The standard InChI is InChI=1S/C12H14ClN3S/c1-3-11-15-12(17-16-11)14-8(2)9-5-4-6-10(13)7-9/h4-8H,3H2,1-2H3,(H,14,15,16). The Kier molecular flexibility index (Phi) is 3.97. The van der Waals surface area contributed by atoms with E-state index in [2.05, 4.69) is 21.6 Å². The zero-order chi connectivity index (χ0) is 12.3. The number of hydrogen-bond donors (Lipinski definition) is 1. The number of anilines is 1. The minimum absolute atomic E-state index is 0.173. The molecule has 0 saturated heterocycles. The average Bonchev–Trinajstić information content (AvgIpc) is 2.77. The minimum Gasteiger partial charge on any atom is -0.354 e. The van der Waals surface area contributed by atoms with Gasteiger partial charge in [0.25, 0.3) is 0 Å². The highest BCUT2D eigenvalue weighted by Crippen LogP contribution is 2.22. The van der Waals surface area contributed by atoms with Gasteiger partial charge in [-0.25, -0.2) is 4.98 Å². The van der Waals surface area contributed by atoms with Crippen molar-refractivity contribution in [2.24, 2.45) is 0 Å². The van der Waals surface area contributed by atoms with Crippen LogP contribution in [-0.4, -0.2) is 9.36 Å². The summed E-state index contributed by atoms with van der Waals surface area (Å²) in [6.07, 6.45) is 0.865. The zero-order valence-corrected chi connectivity index (χ0v) is 11.3. The van der Waals surface area contributed by atoms with E-state index in [9.17, 15) is 0 Å². The van der Waals surface area contributed by atoms with Crippen LogP contribution in [-0.2, 0) is 6.42 Å². The van der Waals surface area contributed by atoms with Crippen LogP contribution in [0.15, 0.2) is 24.3 Å². The Hall–Kier alpha value is -1.13. The van der Waals surface area contributed by atoms with E-state index in [0.717, 1.165) is 28.0 Å². The molecule has 90 valence electrons. The van der Waals surface area contributed by atoms with Gasteiger partial charge in [0, 0.05) is 23.0 Å². The largest absolute Gasteiger partial charge is 0.354 e. The van der Waals surface area contributed by atoms with Crippen molar-refractivity contribution < 1.29 is 0 Å². The number of halogens is 1. The Morgan fingerprint density at radius 3 is 2.94 bits per heavy atom. The molecule has 0 aliphatic rings. The van der Waals surface area contributed by atoms with E-state index in [1.165, 1.54) is 11.5 Å². The fourth-order valence-electron chi connectivity index (χ4n) is 1.50. The Labute approximate surface area is 110 Å². The van der Waals surface area contributed by atoms with E-state index < -0.39 is 0 Å². The molecule has 1 N–H and O–H groups in total. The van der Waals surface area contributed by atoms with Crippen molar-refractivity contribution in [3.8, 4) is 0 Å². The van der Waals surface area contributed by atoms with Gasteiger partial charge in [0.15, 0.2) is 0 Å². The summed E-state index contributed by atoms with van der Waals surface area (Å²) >= 11 is 7.36. The second-order valence-corrected chi connectivity index (χ2v) is 4.98. The van der Waals surface area contributed by atoms with Gasteiger partial charge in [-0.2, -0.15) is 4.37 Å². The third-order valence-corrected chi connectivity index (χ3v) is 3.39. The van der Waals surface area contributed by atoms with Crippen molar-refractivity contribution in [3.05, 3.63) is 40.7 Å². The number of nitrogens with one attached hydrogen (secondary N) is 1. The highest BCUT2D eigenvalue weighted by molar-refractivity contribution is 7.09. The highest BCUT2D eigenvalue weighted by Gasteiger charge is 2.08.